The minimum Gasteiger partial charge on any atom is -0.443 e. The Morgan fingerprint density at radius 2 is 1.57 bits per heavy atom. The number of nitrogens with zero attached hydrogens (tertiary/aromatic N) is 3. The van der Waals surface area contributed by atoms with E-state index in [0.717, 1.165) is 4.90 Å². The standard InChI is InChI=1S/C16H27N3O4/c1-15(2,3)22-13(20)19(14(21)23-16(4,5)6)10-7-9-18-11-8-17-12-18/h8,11-12H,7,9-10H2,1-6H3. The van der Waals surface area contributed by atoms with Gasteiger partial charge in [-0.1, -0.05) is 0 Å². The molecule has 0 aliphatic carbocycles. The van der Waals surface area contributed by atoms with Gasteiger partial charge < -0.3 is 14.0 Å². The lowest BCUT2D eigenvalue weighted by Crippen LogP contribution is -2.44. The van der Waals surface area contributed by atoms with E-state index in [9.17, 15) is 9.59 Å². The first-order valence-electron chi connectivity index (χ1n) is 7.67. The van der Waals surface area contributed by atoms with Crippen LogP contribution in [0.3, 0.4) is 0 Å². The lowest BCUT2D eigenvalue weighted by atomic mass is 10.2. The van der Waals surface area contributed by atoms with Crippen molar-refractivity contribution in [1.82, 2.24) is 14.5 Å². The van der Waals surface area contributed by atoms with Gasteiger partial charge in [0, 0.05) is 25.5 Å². The van der Waals surface area contributed by atoms with Gasteiger partial charge in [-0.2, -0.15) is 0 Å². The topological polar surface area (TPSA) is 73.7 Å². The molecule has 0 fully saturated rings. The van der Waals surface area contributed by atoms with E-state index in [1.807, 2.05) is 10.8 Å². The molecule has 0 aliphatic heterocycles. The van der Waals surface area contributed by atoms with E-state index in [1.54, 1.807) is 54.1 Å². The molecule has 0 N–H and O–H groups in total. The summed E-state index contributed by atoms with van der Waals surface area (Å²) in [6.07, 6.45) is 4.38. The minimum absolute atomic E-state index is 0.210. The monoisotopic (exact) mass is 325 g/mol. The Hall–Kier alpha value is -2.05. The van der Waals surface area contributed by atoms with Crippen LogP contribution < -0.4 is 0 Å². The van der Waals surface area contributed by atoms with Crippen molar-refractivity contribution in [2.75, 3.05) is 6.54 Å². The van der Waals surface area contributed by atoms with Crippen molar-refractivity contribution in [1.29, 1.82) is 0 Å². The zero-order valence-electron chi connectivity index (χ0n) is 14.8. The predicted octanol–water partition coefficient (Wildman–Crippen LogP) is 3.45. The fraction of sp³-hybridized carbons (Fsp3) is 0.688. The first-order chi connectivity index (χ1) is 10.5. The molecule has 0 radical (unpaired) electrons. The Bertz CT molecular complexity index is 484. The van der Waals surface area contributed by atoms with Gasteiger partial charge in [0.15, 0.2) is 0 Å². The van der Waals surface area contributed by atoms with Gasteiger partial charge >= 0.3 is 12.2 Å². The first kappa shape index (κ1) is 19.0. The van der Waals surface area contributed by atoms with Gasteiger partial charge in [-0.3, -0.25) is 0 Å². The number of imidazole rings is 1. The number of hydrogen-bond donors (Lipinski definition) is 0. The third kappa shape index (κ3) is 7.67. The van der Waals surface area contributed by atoms with Crippen LogP contribution in [0.5, 0.6) is 0 Å². The summed E-state index contributed by atoms with van der Waals surface area (Å²) in [5, 5.41) is 0. The van der Waals surface area contributed by atoms with Crippen molar-refractivity contribution in [3.8, 4) is 0 Å². The van der Waals surface area contributed by atoms with Crippen LogP contribution in [0.1, 0.15) is 48.0 Å². The van der Waals surface area contributed by atoms with E-state index in [0.29, 0.717) is 13.0 Å². The second kappa shape index (κ2) is 7.48. The molecule has 0 atom stereocenters. The number of rotatable bonds is 4. The maximum Gasteiger partial charge on any atom is 0.419 e. The average molecular weight is 325 g/mol. The summed E-state index contributed by atoms with van der Waals surface area (Å²) >= 11 is 0. The minimum atomic E-state index is -0.697. The van der Waals surface area contributed by atoms with Gasteiger partial charge in [0.25, 0.3) is 0 Å². The lowest BCUT2D eigenvalue weighted by molar-refractivity contribution is 0.00111. The normalized spacial score (nSPS) is 11.9. The average Bonchev–Trinajstić information content (AvgIpc) is 2.82. The van der Waals surface area contributed by atoms with E-state index in [-0.39, 0.29) is 6.54 Å². The molecule has 2 amide bonds. The number of carbonyl (C=O) groups is 2. The molecule has 0 spiro atoms. The third-order valence-electron chi connectivity index (χ3n) is 2.58. The third-order valence-corrected chi connectivity index (χ3v) is 2.58. The highest BCUT2D eigenvalue weighted by Gasteiger charge is 2.30. The molecule has 7 heteroatoms. The van der Waals surface area contributed by atoms with E-state index in [4.69, 9.17) is 9.47 Å². The van der Waals surface area contributed by atoms with Crippen LogP contribution in [0, 0.1) is 0 Å². The zero-order chi connectivity index (χ0) is 17.7. The Morgan fingerprint density at radius 3 is 1.96 bits per heavy atom. The molecular formula is C16H27N3O4. The molecule has 0 saturated carbocycles. The van der Waals surface area contributed by atoms with Crippen LogP contribution in [0.2, 0.25) is 0 Å². The van der Waals surface area contributed by atoms with E-state index in [2.05, 4.69) is 4.98 Å². The molecule has 1 heterocycles. The summed E-state index contributed by atoms with van der Waals surface area (Å²) in [6, 6.07) is 0. The molecule has 0 saturated heterocycles. The van der Waals surface area contributed by atoms with E-state index in [1.165, 1.54) is 0 Å². The van der Waals surface area contributed by atoms with Crippen LogP contribution in [-0.2, 0) is 16.0 Å². The second-order valence-corrected chi connectivity index (χ2v) is 7.27. The number of carbonyl (C=O) groups excluding carboxylic acids is 2. The fourth-order valence-corrected chi connectivity index (χ4v) is 1.72. The number of imide groups is 1. The number of ether oxygens (including phenoxy) is 2. The SMILES string of the molecule is CC(C)(C)OC(=O)N(CCCn1ccnc1)C(=O)OC(C)(C)C. The lowest BCUT2D eigenvalue weighted by Gasteiger charge is -2.28. The van der Waals surface area contributed by atoms with Crippen molar-refractivity contribution in [3.05, 3.63) is 18.7 Å². The number of aryl methyl sites for hydroxylation is 1. The smallest absolute Gasteiger partial charge is 0.419 e. The number of amides is 2. The molecule has 23 heavy (non-hydrogen) atoms. The van der Waals surface area contributed by atoms with Crippen LogP contribution in [0.4, 0.5) is 9.59 Å². The second-order valence-electron chi connectivity index (χ2n) is 7.27. The molecule has 1 rings (SSSR count). The van der Waals surface area contributed by atoms with Crippen LogP contribution in [-0.4, -0.2) is 44.4 Å². The molecule has 0 bridgehead atoms. The Morgan fingerprint density at radius 1 is 1.04 bits per heavy atom. The van der Waals surface area contributed by atoms with Gasteiger partial charge in [0.1, 0.15) is 11.2 Å². The number of hydrogen-bond acceptors (Lipinski definition) is 5. The Kier molecular flexibility index (Phi) is 6.18. The van der Waals surface area contributed by atoms with Gasteiger partial charge in [-0.15, -0.1) is 0 Å². The Balaban J connectivity index is 2.70. The summed E-state index contributed by atoms with van der Waals surface area (Å²) in [5.41, 5.74) is -1.36. The van der Waals surface area contributed by atoms with E-state index < -0.39 is 23.4 Å². The van der Waals surface area contributed by atoms with Gasteiger partial charge in [0.05, 0.1) is 6.33 Å². The van der Waals surface area contributed by atoms with Crippen LogP contribution in [0.15, 0.2) is 18.7 Å². The molecule has 0 aliphatic rings. The molecule has 7 nitrogen and oxygen atoms in total. The molecule has 1 aromatic heterocycles. The molecule has 1 aromatic rings. The highest BCUT2D eigenvalue weighted by Crippen LogP contribution is 2.15. The first-order valence-corrected chi connectivity index (χ1v) is 7.67. The zero-order valence-corrected chi connectivity index (χ0v) is 14.8. The van der Waals surface area contributed by atoms with Gasteiger partial charge in [-0.05, 0) is 48.0 Å². The largest absolute Gasteiger partial charge is 0.443 e. The molecule has 0 unspecified atom stereocenters. The van der Waals surface area contributed by atoms with Crippen molar-refractivity contribution in [2.45, 2.75) is 65.7 Å². The quantitative estimate of drug-likeness (QED) is 0.847. The van der Waals surface area contributed by atoms with Gasteiger partial charge in [-0.25, -0.2) is 19.5 Å². The van der Waals surface area contributed by atoms with E-state index >= 15 is 0 Å². The number of aromatic nitrogens is 2. The van der Waals surface area contributed by atoms with Crippen LogP contribution in [0.25, 0.3) is 0 Å². The van der Waals surface area contributed by atoms with Crippen molar-refractivity contribution >= 4 is 12.2 Å². The summed E-state index contributed by atoms with van der Waals surface area (Å²) in [6.45, 7) is 11.4. The predicted molar refractivity (Wildman–Crippen MR) is 86.0 cm³/mol. The van der Waals surface area contributed by atoms with Crippen molar-refractivity contribution in [3.63, 3.8) is 0 Å². The Labute approximate surface area is 137 Å². The fourth-order valence-electron chi connectivity index (χ4n) is 1.72. The maximum atomic E-state index is 12.3. The summed E-state index contributed by atoms with van der Waals surface area (Å²) < 4.78 is 12.5. The van der Waals surface area contributed by atoms with Crippen molar-refractivity contribution < 1.29 is 19.1 Å². The van der Waals surface area contributed by atoms with Crippen molar-refractivity contribution in [2.24, 2.45) is 0 Å². The molecule has 0 aromatic carbocycles. The van der Waals surface area contributed by atoms with Crippen LogP contribution >= 0.6 is 0 Å². The highest BCUT2D eigenvalue weighted by atomic mass is 16.6. The summed E-state index contributed by atoms with van der Waals surface area (Å²) in [4.78, 5) is 29.5. The highest BCUT2D eigenvalue weighted by molar-refractivity contribution is 5.88. The maximum absolute atomic E-state index is 12.3. The van der Waals surface area contributed by atoms with Gasteiger partial charge in [0.2, 0.25) is 0 Å². The molecular weight excluding hydrogens is 298 g/mol. The summed E-state index contributed by atoms with van der Waals surface area (Å²) in [5.74, 6) is 0. The summed E-state index contributed by atoms with van der Waals surface area (Å²) in [7, 11) is 0. The molecule has 130 valence electrons.